The van der Waals surface area contributed by atoms with E-state index in [9.17, 15) is 9.50 Å². The third-order valence-electron chi connectivity index (χ3n) is 3.78. The van der Waals surface area contributed by atoms with Crippen LogP contribution in [0.4, 0.5) is 10.1 Å². The Bertz CT molecular complexity index is 413. The maximum atomic E-state index is 13.7. The van der Waals surface area contributed by atoms with Crippen LogP contribution in [0.2, 0.25) is 0 Å². The fraction of sp³-hybridized carbons (Fsp3) is 0.625. The minimum absolute atomic E-state index is 0.106. The molecule has 0 saturated heterocycles. The van der Waals surface area contributed by atoms with Crippen molar-refractivity contribution < 1.29 is 9.50 Å². The van der Waals surface area contributed by atoms with Gasteiger partial charge in [0.2, 0.25) is 0 Å². The van der Waals surface area contributed by atoms with Gasteiger partial charge in [0.15, 0.2) is 0 Å². The number of aliphatic hydroxyl groups excluding tert-OH is 1. The Kier molecular flexibility index (Phi) is 4.81. The summed E-state index contributed by atoms with van der Waals surface area (Å²) in [6.07, 6.45) is 4.91. The van der Waals surface area contributed by atoms with E-state index in [0.717, 1.165) is 12.2 Å². The minimum atomic E-state index is -0.256. The largest absolute Gasteiger partial charge is 0.392 e. The van der Waals surface area contributed by atoms with Crippen molar-refractivity contribution in [3.8, 4) is 0 Å². The van der Waals surface area contributed by atoms with Crippen molar-refractivity contribution >= 4 is 5.69 Å². The standard InChI is InChI=1S/C16H24FNO/c1-12(2)10-18(15-5-3-4-6-15)16-8-13(11-19)7-14(17)9-16/h7-9,12,15,19H,3-6,10-11H2,1-2H3. The molecule has 0 aromatic heterocycles. The van der Waals surface area contributed by atoms with Crippen LogP contribution in [0.1, 0.15) is 45.1 Å². The van der Waals surface area contributed by atoms with E-state index in [-0.39, 0.29) is 12.4 Å². The molecule has 0 bridgehead atoms. The maximum absolute atomic E-state index is 13.7. The summed E-state index contributed by atoms with van der Waals surface area (Å²) in [5.74, 6) is 0.287. The zero-order valence-electron chi connectivity index (χ0n) is 11.9. The highest BCUT2D eigenvalue weighted by Crippen LogP contribution is 2.30. The van der Waals surface area contributed by atoms with E-state index < -0.39 is 0 Å². The van der Waals surface area contributed by atoms with Crippen LogP contribution in [0, 0.1) is 11.7 Å². The summed E-state index contributed by atoms with van der Waals surface area (Å²) in [5, 5.41) is 9.23. The lowest BCUT2D eigenvalue weighted by atomic mass is 10.1. The zero-order valence-corrected chi connectivity index (χ0v) is 11.9. The summed E-state index contributed by atoms with van der Waals surface area (Å²) in [5.41, 5.74) is 1.58. The van der Waals surface area contributed by atoms with Gasteiger partial charge in [0.1, 0.15) is 5.82 Å². The van der Waals surface area contributed by atoms with Crippen LogP contribution in [-0.2, 0) is 6.61 Å². The summed E-state index contributed by atoms with van der Waals surface area (Å²) in [6.45, 7) is 5.21. The topological polar surface area (TPSA) is 23.5 Å². The lowest BCUT2D eigenvalue weighted by Crippen LogP contribution is -2.36. The Morgan fingerprint density at radius 1 is 1.26 bits per heavy atom. The average Bonchev–Trinajstić information content (AvgIpc) is 2.88. The van der Waals surface area contributed by atoms with Crippen molar-refractivity contribution in [1.82, 2.24) is 0 Å². The normalized spacial score (nSPS) is 16.3. The van der Waals surface area contributed by atoms with Crippen molar-refractivity contribution in [3.63, 3.8) is 0 Å². The van der Waals surface area contributed by atoms with Gasteiger partial charge in [-0.25, -0.2) is 4.39 Å². The zero-order chi connectivity index (χ0) is 13.8. The summed E-state index contributed by atoms with van der Waals surface area (Å²) >= 11 is 0. The average molecular weight is 265 g/mol. The number of halogens is 1. The summed E-state index contributed by atoms with van der Waals surface area (Å²) in [7, 11) is 0. The first kappa shape index (κ1) is 14.3. The predicted molar refractivity (Wildman–Crippen MR) is 76.8 cm³/mol. The van der Waals surface area contributed by atoms with Crippen LogP contribution in [-0.4, -0.2) is 17.7 Å². The highest BCUT2D eigenvalue weighted by atomic mass is 19.1. The number of hydrogen-bond acceptors (Lipinski definition) is 2. The van der Waals surface area contributed by atoms with Crippen molar-refractivity contribution in [3.05, 3.63) is 29.6 Å². The van der Waals surface area contributed by atoms with E-state index in [2.05, 4.69) is 18.7 Å². The van der Waals surface area contributed by atoms with Crippen LogP contribution >= 0.6 is 0 Å². The van der Waals surface area contributed by atoms with Crippen molar-refractivity contribution in [2.75, 3.05) is 11.4 Å². The summed E-state index contributed by atoms with van der Waals surface area (Å²) < 4.78 is 13.7. The van der Waals surface area contributed by atoms with Crippen LogP contribution in [0.25, 0.3) is 0 Å². The Labute approximate surface area is 115 Å². The molecule has 1 aliphatic carbocycles. The molecule has 3 heteroatoms. The second kappa shape index (κ2) is 6.38. The molecule has 0 amide bonds. The Hall–Kier alpha value is -1.09. The van der Waals surface area contributed by atoms with Crippen LogP contribution in [0.3, 0.4) is 0 Å². The van der Waals surface area contributed by atoms with Gasteiger partial charge in [-0.3, -0.25) is 0 Å². The monoisotopic (exact) mass is 265 g/mol. The number of benzene rings is 1. The van der Waals surface area contributed by atoms with E-state index in [1.54, 1.807) is 6.07 Å². The van der Waals surface area contributed by atoms with Gasteiger partial charge in [-0.05, 0) is 42.5 Å². The predicted octanol–water partition coefficient (Wildman–Crippen LogP) is 3.72. The molecule has 0 radical (unpaired) electrons. The molecular formula is C16H24FNO. The van der Waals surface area contributed by atoms with Gasteiger partial charge in [-0.2, -0.15) is 0 Å². The van der Waals surface area contributed by atoms with E-state index in [4.69, 9.17) is 0 Å². The van der Waals surface area contributed by atoms with Gasteiger partial charge in [0.05, 0.1) is 6.61 Å². The first-order chi connectivity index (χ1) is 9.10. The van der Waals surface area contributed by atoms with Crippen LogP contribution in [0.5, 0.6) is 0 Å². The van der Waals surface area contributed by atoms with Crippen molar-refractivity contribution in [2.45, 2.75) is 52.2 Å². The second-order valence-electron chi connectivity index (χ2n) is 5.96. The first-order valence-electron chi connectivity index (χ1n) is 7.27. The van der Waals surface area contributed by atoms with E-state index in [1.807, 2.05) is 6.07 Å². The van der Waals surface area contributed by atoms with Crippen LogP contribution < -0.4 is 4.90 Å². The summed E-state index contributed by atoms with van der Waals surface area (Å²) in [6, 6.07) is 5.45. The molecule has 2 nitrogen and oxygen atoms in total. The highest BCUT2D eigenvalue weighted by molar-refractivity contribution is 5.50. The van der Waals surface area contributed by atoms with E-state index in [0.29, 0.717) is 17.5 Å². The fourth-order valence-corrected chi connectivity index (χ4v) is 2.97. The first-order valence-corrected chi connectivity index (χ1v) is 7.27. The molecule has 0 heterocycles. The molecule has 1 N–H and O–H groups in total. The molecule has 0 atom stereocenters. The van der Waals surface area contributed by atoms with E-state index >= 15 is 0 Å². The molecule has 0 aliphatic heterocycles. The molecule has 106 valence electrons. The quantitative estimate of drug-likeness (QED) is 0.877. The fourth-order valence-electron chi connectivity index (χ4n) is 2.97. The third kappa shape index (κ3) is 3.69. The molecule has 2 rings (SSSR count). The van der Waals surface area contributed by atoms with Crippen molar-refractivity contribution in [2.24, 2.45) is 5.92 Å². The number of hydrogen-bond donors (Lipinski definition) is 1. The smallest absolute Gasteiger partial charge is 0.125 e. The van der Waals surface area contributed by atoms with Gasteiger partial charge in [0.25, 0.3) is 0 Å². The Morgan fingerprint density at radius 3 is 2.53 bits per heavy atom. The molecular weight excluding hydrogens is 241 g/mol. The number of aliphatic hydroxyl groups is 1. The Morgan fingerprint density at radius 2 is 1.95 bits per heavy atom. The number of nitrogens with zero attached hydrogens (tertiary/aromatic N) is 1. The SMILES string of the molecule is CC(C)CN(c1cc(F)cc(CO)c1)C1CCCC1. The van der Waals surface area contributed by atoms with Crippen LogP contribution in [0.15, 0.2) is 18.2 Å². The molecule has 0 unspecified atom stereocenters. The maximum Gasteiger partial charge on any atom is 0.125 e. The molecule has 1 aliphatic rings. The molecule has 1 fully saturated rings. The van der Waals surface area contributed by atoms with Gasteiger partial charge < -0.3 is 10.0 Å². The molecule has 0 spiro atoms. The lowest BCUT2D eigenvalue weighted by molar-refractivity contribution is 0.281. The van der Waals surface area contributed by atoms with Gasteiger partial charge in [-0.15, -0.1) is 0 Å². The minimum Gasteiger partial charge on any atom is -0.392 e. The van der Waals surface area contributed by atoms with E-state index in [1.165, 1.54) is 31.7 Å². The molecule has 1 saturated carbocycles. The number of rotatable bonds is 5. The highest BCUT2D eigenvalue weighted by Gasteiger charge is 2.24. The number of anilines is 1. The second-order valence-corrected chi connectivity index (χ2v) is 5.96. The van der Waals surface area contributed by atoms with Gasteiger partial charge in [0, 0.05) is 18.3 Å². The van der Waals surface area contributed by atoms with Gasteiger partial charge in [-0.1, -0.05) is 26.7 Å². The lowest BCUT2D eigenvalue weighted by Gasteiger charge is -2.33. The Balaban J connectivity index is 2.28. The molecule has 1 aromatic rings. The molecule has 1 aromatic carbocycles. The summed E-state index contributed by atoms with van der Waals surface area (Å²) in [4.78, 5) is 2.33. The third-order valence-corrected chi connectivity index (χ3v) is 3.78. The molecule has 19 heavy (non-hydrogen) atoms. The van der Waals surface area contributed by atoms with Crippen molar-refractivity contribution in [1.29, 1.82) is 0 Å². The van der Waals surface area contributed by atoms with Gasteiger partial charge >= 0.3 is 0 Å².